The normalized spacial score (nSPS) is 13.2. The topological polar surface area (TPSA) is 72.2 Å². The average molecular weight is 368 g/mol. The van der Waals surface area contributed by atoms with Gasteiger partial charge < -0.3 is 11.1 Å². The number of nitrogens with one attached hydrogen (secondary N) is 1. The average Bonchev–Trinajstić information content (AvgIpc) is 2.43. The third-order valence-electron chi connectivity index (χ3n) is 3.05. The highest BCUT2D eigenvalue weighted by atomic mass is 19.4. The van der Waals surface area contributed by atoms with Crippen LogP contribution >= 0.6 is 0 Å². The molecule has 2 amide bonds. The van der Waals surface area contributed by atoms with E-state index in [-0.39, 0.29) is 24.6 Å². The summed E-state index contributed by atoms with van der Waals surface area (Å²) in [6.45, 7) is 5.00. The van der Waals surface area contributed by atoms with Gasteiger partial charge in [-0.25, -0.2) is 0 Å². The molecule has 0 heterocycles. The molecule has 0 bridgehead atoms. The number of hydrogen-bond donors (Lipinski definition) is 2. The van der Waals surface area contributed by atoms with Crippen LogP contribution in [0.3, 0.4) is 0 Å². The van der Waals surface area contributed by atoms with Gasteiger partial charge >= 0.3 is 12.4 Å². The van der Waals surface area contributed by atoms with Gasteiger partial charge in [0.2, 0.25) is 5.91 Å². The summed E-state index contributed by atoms with van der Waals surface area (Å²) in [6, 6.07) is -0.878. The first-order chi connectivity index (χ1) is 11.2. The molecule has 0 spiro atoms. The SMILES string of the molecule is C=C(C)C[C@@H](NC(=O)c1cc(C(F)(F)F)cc(C(F)(F)F)c1)C(N)=O. The number of halogens is 6. The zero-order valence-electron chi connectivity index (χ0n) is 12.9. The first-order valence-corrected chi connectivity index (χ1v) is 6.76. The van der Waals surface area contributed by atoms with Gasteiger partial charge in [0.05, 0.1) is 11.1 Å². The van der Waals surface area contributed by atoms with Crippen molar-refractivity contribution in [3.8, 4) is 0 Å². The van der Waals surface area contributed by atoms with Gasteiger partial charge in [0, 0.05) is 5.56 Å². The highest BCUT2D eigenvalue weighted by Gasteiger charge is 2.37. The molecular weight excluding hydrogens is 354 g/mol. The molecule has 4 nitrogen and oxygen atoms in total. The number of primary amides is 1. The lowest BCUT2D eigenvalue weighted by Crippen LogP contribution is -2.44. The van der Waals surface area contributed by atoms with Crippen LogP contribution in [0.2, 0.25) is 0 Å². The first-order valence-electron chi connectivity index (χ1n) is 6.76. The van der Waals surface area contributed by atoms with Gasteiger partial charge in [-0.3, -0.25) is 9.59 Å². The van der Waals surface area contributed by atoms with Crippen LogP contribution in [0.5, 0.6) is 0 Å². The number of carbonyl (C=O) groups excluding carboxylic acids is 2. The van der Waals surface area contributed by atoms with E-state index in [4.69, 9.17) is 5.73 Å². The molecular formula is C15H14F6N2O2. The Morgan fingerprint density at radius 2 is 1.52 bits per heavy atom. The van der Waals surface area contributed by atoms with Gasteiger partial charge in [0.25, 0.3) is 5.91 Å². The summed E-state index contributed by atoms with van der Waals surface area (Å²) in [4.78, 5) is 23.3. The second kappa shape index (κ2) is 7.16. The Morgan fingerprint density at radius 3 is 1.84 bits per heavy atom. The largest absolute Gasteiger partial charge is 0.416 e. The summed E-state index contributed by atoms with van der Waals surface area (Å²) in [5.74, 6) is -2.29. The van der Waals surface area contributed by atoms with Gasteiger partial charge in [-0.1, -0.05) is 5.57 Å². The molecule has 0 radical (unpaired) electrons. The zero-order chi connectivity index (χ0) is 19.6. The number of nitrogens with two attached hydrogens (primary N) is 1. The molecule has 0 aliphatic carbocycles. The molecule has 0 unspecified atom stereocenters. The third-order valence-corrected chi connectivity index (χ3v) is 3.05. The summed E-state index contributed by atoms with van der Waals surface area (Å²) >= 11 is 0. The van der Waals surface area contributed by atoms with Crippen molar-refractivity contribution in [1.29, 1.82) is 0 Å². The highest BCUT2D eigenvalue weighted by Crippen LogP contribution is 2.36. The van der Waals surface area contributed by atoms with Crippen LogP contribution in [-0.4, -0.2) is 17.9 Å². The molecule has 0 aliphatic rings. The molecule has 0 saturated carbocycles. The van der Waals surface area contributed by atoms with Crippen molar-refractivity contribution in [3.05, 3.63) is 47.0 Å². The van der Waals surface area contributed by atoms with Crippen LogP contribution in [0.1, 0.15) is 34.8 Å². The van der Waals surface area contributed by atoms with E-state index in [1.807, 2.05) is 5.32 Å². The number of carbonyl (C=O) groups is 2. The Morgan fingerprint density at radius 1 is 1.08 bits per heavy atom. The summed E-state index contributed by atoms with van der Waals surface area (Å²) in [5.41, 5.74) is 1.32. The van der Waals surface area contributed by atoms with E-state index < -0.39 is 46.9 Å². The number of benzene rings is 1. The van der Waals surface area contributed by atoms with E-state index in [1.54, 1.807) is 0 Å². The van der Waals surface area contributed by atoms with Crippen LogP contribution in [0.15, 0.2) is 30.4 Å². The third kappa shape index (κ3) is 5.80. The quantitative estimate of drug-likeness (QED) is 0.619. The first kappa shape index (κ1) is 20.5. The molecule has 0 saturated heterocycles. The second-order valence-corrected chi connectivity index (χ2v) is 5.38. The lowest BCUT2D eigenvalue weighted by molar-refractivity contribution is -0.143. The van der Waals surface area contributed by atoms with E-state index in [0.29, 0.717) is 5.57 Å². The van der Waals surface area contributed by atoms with Crippen LogP contribution in [0.25, 0.3) is 0 Å². The number of alkyl halides is 6. The molecule has 0 fully saturated rings. The van der Waals surface area contributed by atoms with Crippen molar-refractivity contribution in [2.75, 3.05) is 0 Å². The lowest BCUT2D eigenvalue weighted by atomic mass is 10.0. The molecule has 3 N–H and O–H groups in total. The molecule has 10 heteroatoms. The minimum absolute atomic E-state index is 0.101. The maximum Gasteiger partial charge on any atom is 0.416 e. The molecule has 1 aromatic carbocycles. The highest BCUT2D eigenvalue weighted by molar-refractivity contribution is 5.97. The van der Waals surface area contributed by atoms with Crippen molar-refractivity contribution < 1.29 is 35.9 Å². The van der Waals surface area contributed by atoms with Crippen LogP contribution in [-0.2, 0) is 17.1 Å². The van der Waals surface area contributed by atoms with E-state index in [2.05, 4.69) is 6.58 Å². The Kier molecular flexibility index (Phi) is 5.88. The van der Waals surface area contributed by atoms with Gasteiger partial charge in [0.15, 0.2) is 0 Å². The zero-order valence-corrected chi connectivity index (χ0v) is 12.9. The molecule has 0 aromatic heterocycles. The van der Waals surface area contributed by atoms with E-state index in [9.17, 15) is 35.9 Å². The molecule has 25 heavy (non-hydrogen) atoms. The fourth-order valence-electron chi connectivity index (χ4n) is 1.90. The van der Waals surface area contributed by atoms with E-state index in [1.165, 1.54) is 6.92 Å². The monoisotopic (exact) mass is 368 g/mol. The summed E-state index contributed by atoms with van der Waals surface area (Å²) in [6.07, 6.45) is -10.3. The van der Waals surface area contributed by atoms with Crippen molar-refractivity contribution >= 4 is 11.8 Å². The Balaban J connectivity index is 3.28. The second-order valence-electron chi connectivity index (χ2n) is 5.38. The predicted molar refractivity (Wildman–Crippen MR) is 76.3 cm³/mol. The van der Waals surface area contributed by atoms with Crippen molar-refractivity contribution in [2.45, 2.75) is 31.7 Å². The summed E-state index contributed by atoms with van der Waals surface area (Å²) in [7, 11) is 0. The van der Waals surface area contributed by atoms with Gasteiger partial charge in [0.1, 0.15) is 6.04 Å². The number of rotatable bonds is 5. The van der Waals surface area contributed by atoms with Gasteiger partial charge in [-0.2, -0.15) is 26.3 Å². The Labute approximate surface area is 138 Å². The lowest BCUT2D eigenvalue weighted by Gasteiger charge is -2.17. The summed E-state index contributed by atoms with van der Waals surface area (Å²) in [5, 5.41) is 2.01. The van der Waals surface area contributed by atoms with Crippen LogP contribution in [0.4, 0.5) is 26.3 Å². The fraction of sp³-hybridized carbons (Fsp3) is 0.333. The smallest absolute Gasteiger partial charge is 0.368 e. The molecule has 138 valence electrons. The Hall–Kier alpha value is -2.52. The van der Waals surface area contributed by atoms with Gasteiger partial charge in [-0.15, -0.1) is 6.58 Å². The number of hydrogen-bond acceptors (Lipinski definition) is 2. The minimum Gasteiger partial charge on any atom is -0.368 e. The van der Waals surface area contributed by atoms with Crippen molar-refractivity contribution in [1.82, 2.24) is 5.32 Å². The van der Waals surface area contributed by atoms with E-state index >= 15 is 0 Å². The van der Waals surface area contributed by atoms with Gasteiger partial charge in [-0.05, 0) is 31.5 Å². The number of amides is 2. The Bertz CT molecular complexity index is 662. The van der Waals surface area contributed by atoms with Crippen LogP contribution in [0, 0.1) is 0 Å². The maximum absolute atomic E-state index is 12.8. The molecule has 0 aliphatic heterocycles. The molecule has 1 atom stereocenters. The summed E-state index contributed by atoms with van der Waals surface area (Å²) < 4.78 is 76.7. The maximum atomic E-state index is 12.8. The van der Waals surface area contributed by atoms with Crippen molar-refractivity contribution in [2.24, 2.45) is 5.73 Å². The fourth-order valence-corrected chi connectivity index (χ4v) is 1.90. The van der Waals surface area contributed by atoms with Crippen LogP contribution < -0.4 is 11.1 Å². The standard InChI is InChI=1S/C15H14F6N2O2/c1-7(2)3-11(12(22)24)23-13(25)8-4-9(14(16,17)18)6-10(5-8)15(19,20)21/h4-6,11H,1,3H2,2H3,(H2,22,24)(H,23,25)/t11-/m1/s1. The minimum atomic E-state index is -5.09. The van der Waals surface area contributed by atoms with E-state index in [0.717, 1.165) is 0 Å². The predicted octanol–water partition coefficient (Wildman–Crippen LogP) is 3.27. The molecule has 1 aromatic rings. The van der Waals surface area contributed by atoms with Crippen molar-refractivity contribution in [3.63, 3.8) is 0 Å². The molecule has 1 rings (SSSR count).